The summed E-state index contributed by atoms with van der Waals surface area (Å²) in [5.74, 6) is -0.162. The van der Waals surface area contributed by atoms with E-state index in [2.05, 4.69) is 0 Å². The summed E-state index contributed by atoms with van der Waals surface area (Å²) in [5.41, 5.74) is 0. The lowest BCUT2D eigenvalue weighted by atomic mass is 10.2. The maximum absolute atomic E-state index is 11.1. The minimum Gasteiger partial charge on any atom is -0.463 e. The van der Waals surface area contributed by atoms with Crippen LogP contribution in [0, 0.1) is 0 Å². The Morgan fingerprint density at radius 2 is 2.43 bits per heavy atom. The van der Waals surface area contributed by atoms with Crippen LogP contribution in [0.2, 0.25) is 0 Å². The third kappa shape index (κ3) is 4.42. The van der Waals surface area contributed by atoms with E-state index in [1.54, 1.807) is 0 Å². The highest BCUT2D eigenvalue weighted by atomic mass is 16.6. The Morgan fingerprint density at radius 3 is 3.07 bits per heavy atom. The maximum atomic E-state index is 11.1. The summed E-state index contributed by atoms with van der Waals surface area (Å²) in [6.45, 7) is 3.25. The zero-order chi connectivity index (χ0) is 10.2. The van der Waals surface area contributed by atoms with Crippen LogP contribution in [0.15, 0.2) is 12.2 Å². The summed E-state index contributed by atoms with van der Waals surface area (Å²) >= 11 is 0. The smallest absolute Gasteiger partial charge is 0.309 e. The number of hydrogen-bond donors (Lipinski definition) is 0. The van der Waals surface area contributed by atoms with Gasteiger partial charge >= 0.3 is 5.97 Å². The van der Waals surface area contributed by atoms with Crippen molar-refractivity contribution in [2.45, 2.75) is 38.7 Å². The fourth-order valence-corrected chi connectivity index (χ4v) is 1.37. The van der Waals surface area contributed by atoms with Gasteiger partial charge in [0, 0.05) is 6.61 Å². The molecule has 0 aromatic rings. The van der Waals surface area contributed by atoms with Crippen LogP contribution in [0.4, 0.5) is 0 Å². The van der Waals surface area contributed by atoms with Crippen molar-refractivity contribution in [1.82, 2.24) is 0 Å². The van der Waals surface area contributed by atoms with E-state index in [0.29, 0.717) is 13.0 Å². The summed E-state index contributed by atoms with van der Waals surface area (Å²) in [6.07, 6.45) is 7.37. The molecule has 3 heteroatoms. The van der Waals surface area contributed by atoms with Crippen LogP contribution in [-0.2, 0) is 14.3 Å². The number of esters is 1. The van der Waals surface area contributed by atoms with Gasteiger partial charge in [-0.2, -0.15) is 0 Å². The monoisotopic (exact) mass is 198 g/mol. The van der Waals surface area contributed by atoms with Crippen molar-refractivity contribution < 1.29 is 14.3 Å². The highest BCUT2D eigenvalue weighted by Gasteiger charge is 2.16. The minimum atomic E-state index is -0.162. The molecule has 0 bridgehead atoms. The van der Waals surface area contributed by atoms with Crippen LogP contribution in [0.25, 0.3) is 0 Å². The van der Waals surface area contributed by atoms with Crippen molar-refractivity contribution >= 4 is 5.97 Å². The Bertz CT molecular complexity index is 193. The van der Waals surface area contributed by atoms with E-state index in [1.165, 1.54) is 0 Å². The molecule has 1 unspecified atom stereocenters. The number of rotatable bonds is 5. The number of ether oxygens (including phenoxy) is 2. The van der Waals surface area contributed by atoms with Crippen LogP contribution < -0.4 is 0 Å². The lowest BCUT2D eigenvalue weighted by Crippen LogP contribution is -2.17. The zero-order valence-electron chi connectivity index (χ0n) is 8.70. The van der Waals surface area contributed by atoms with Crippen molar-refractivity contribution in [3.63, 3.8) is 0 Å². The van der Waals surface area contributed by atoms with Gasteiger partial charge in [0.15, 0.2) is 0 Å². The minimum absolute atomic E-state index is 0.133. The molecule has 0 saturated carbocycles. The number of carbonyl (C=O) groups is 1. The first-order valence-electron chi connectivity index (χ1n) is 5.25. The summed E-state index contributed by atoms with van der Waals surface area (Å²) in [6, 6.07) is 0. The molecule has 3 nitrogen and oxygen atoms in total. The first-order valence-corrected chi connectivity index (χ1v) is 5.25. The highest BCUT2D eigenvalue weighted by molar-refractivity contribution is 5.71. The van der Waals surface area contributed by atoms with Gasteiger partial charge in [-0.25, -0.2) is 0 Å². The van der Waals surface area contributed by atoms with Crippen LogP contribution in [0.5, 0.6) is 0 Å². The Balaban J connectivity index is 2.05. The SMILES string of the molecule is CC/C=C\CC(=O)OCC1CCCO1. The van der Waals surface area contributed by atoms with Crippen LogP contribution >= 0.6 is 0 Å². The second kappa shape index (κ2) is 6.60. The van der Waals surface area contributed by atoms with Gasteiger partial charge in [-0.1, -0.05) is 19.1 Å². The van der Waals surface area contributed by atoms with Gasteiger partial charge < -0.3 is 9.47 Å². The topological polar surface area (TPSA) is 35.5 Å². The summed E-state index contributed by atoms with van der Waals surface area (Å²) in [5, 5.41) is 0. The van der Waals surface area contributed by atoms with Gasteiger partial charge in [-0.3, -0.25) is 4.79 Å². The molecule has 0 aromatic carbocycles. The molecule has 0 spiro atoms. The van der Waals surface area contributed by atoms with Crippen LogP contribution in [0.1, 0.15) is 32.6 Å². The van der Waals surface area contributed by atoms with Gasteiger partial charge in [0.05, 0.1) is 12.5 Å². The largest absolute Gasteiger partial charge is 0.463 e. The van der Waals surface area contributed by atoms with Crippen molar-refractivity contribution in [2.75, 3.05) is 13.2 Å². The second-order valence-electron chi connectivity index (χ2n) is 3.40. The lowest BCUT2D eigenvalue weighted by Gasteiger charge is -2.08. The molecular formula is C11H18O3. The molecule has 1 aliphatic rings. The maximum Gasteiger partial charge on any atom is 0.309 e. The normalized spacial score (nSPS) is 21.6. The van der Waals surface area contributed by atoms with E-state index in [4.69, 9.17) is 9.47 Å². The van der Waals surface area contributed by atoms with Gasteiger partial charge in [0.25, 0.3) is 0 Å². The van der Waals surface area contributed by atoms with Crippen molar-refractivity contribution in [3.8, 4) is 0 Å². The Labute approximate surface area is 85.1 Å². The molecule has 80 valence electrons. The fourth-order valence-electron chi connectivity index (χ4n) is 1.37. The molecule has 14 heavy (non-hydrogen) atoms. The number of allylic oxidation sites excluding steroid dienone is 1. The molecule has 0 radical (unpaired) electrons. The van der Waals surface area contributed by atoms with Crippen LogP contribution in [0.3, 0.4) is 0 Å². The molecule has 0 aliphatic carbocycles. The number of carbonyl (C=O) groups excluding carboxylic acids is 1. The molecule has 1 atom stereocenters. The quantitative estimate of drug-likeness (QED) is 0.501. The van der Waals surface area contributed by atoms with Gasteiger partial charge in [0.1, 0.15) is 6.61 Å². The molecule has 1 saturated heterocycles. The predicted molar refractivity (Wildman–Crippen MR) is 54.0 cm³/mol. The third-order valence-electron chi connectivity index (χ3n) is 2.14. The second-order valence-corrected chi connectivity index (χ2v) is 3.40. The standard InChI is InChI=1S/C11H18O3/c1-2-3-4-7-11(12)14-9-10-6-5-8-13-10/h3-4,10H,2,5-9H2,1H3/b4-3-. The predicted octanol–water partition coefficient (Wildman–Crippen LogP) is 2.06. The Hall–Kier alpha value is -0.830. The Kier molecular flexibility index (Phi) is 5.30. The fraction of sp³-hybridized carbons (Fsp3) is 0.727. The molecule has 0 amide bonds. The third-order valence-corrected chi connectivity index (χ3v) is 2.14. The van der Waals surface area contributed by atoms with Gasteiger partial charge in [0.2, 0.25) is 0 Å². The average Bonchev–Trinajstić information content (AvgIpc) is 2.68. The highest BCUT2D eigenvalue weighted by Crippen LogP contribution is 2.12. The first-order chi connectivity index (χ1) is 6.83. The van der Waals surface area contributed by atoms with Gasteiger partial charge in [-0.05, 0) is 19.3 Å². The molecule has 1 aliphatic heterocycles. The summed E-state index contributed by atoms with van der Waals surface area (Å²) in [4.78, 5) is 11.1. The summed E-state index contributed by atoms with van der Waals surface area (Å²) < 4.78 is 10.4. The lowest BCUT2D eigenvalue weighted by molar-refractivity contribution is -0.145. The molecule has 0 N–H and O–H groups in total. The van der Waals surface area contributed by atoms with E-state index in [0.717, 1.165) is 25.9 Å². The molecule has 0 aromatic heterocycles. The van der Waals surface area contributed by atoms with Crippen LogP contribution in [-0.4, -0.2) is 25.3 Å². The Morgan fingerprint density at radius 1 is 1.57 bits per heavy atom. The molecular weight excluding hydrogens is 180 g/mol. The number of hydrogen-bond acceptors (Lipinski definition) is 3. The molecule has 1 rings (SSSR count). The van der Waals surface area contributed by atoms with E-state index < -0.39 is 0 Å². The van der Waals surface area contributed by atoms with E-state index in [1.807, 2.05) is 19.1 Å². The van der Waals surface area contributed by atoms with Crippen molar-refractivity contribution in [1.29, 1.82) is 0 Å². The first kappa shape index (κ1) is 11.2. The van der Waals surface area contributed by atoms with E-state index in [9.17, 15) is 4.79 Å². The summed E-state index contributed by atoms with van der Waals surface area (Å²) in [7, 11) is 0. The molecule has 1 fully saturated rings. The van der Waals surface area contributed by atoms with Crippen molar-refractivity contribution in [2.24, 2.45) is 0 Å². The molecule has 1 heterocycles. The average molecular weight is 198 g/mol. The van der Waals surface area contributed by atoms with E-state index in [-0.39, 0.29) is 12.1 Å². The van der Waals surface area contributed by atoms with Crippen molar-refractivity contribution in [3.05, 3.63) is 12.2 Å². The zero-order valence-corrected chi connectivity index (χ0v) is 8.70. The van der Waals surface area contributed by atoms with E-state index >= 15 is 0 Å². The van der Waals surface area contributed by atoms with Gasteiger partial charge in [-0.15, -0.1) is 0 Å².